The van der Waals surface area contributed by atoms with Gasteiger partial charge in [0.15, 0.2) is 0 Å². The van der Waals surface area contributed by atoms with Crippen LogP contribution in [0.15, 0.2) is 42.5 Å². The van der Waals surface area contributed by atoms with E-state index in [-0.39, 0.29) is 5.91 Å². The average molecular weight is 304 g/mol. The Morgan fingerprint density at radius 1 is 1.29 bits per heavy atom. The second kappa shape index (κ2) is 6.90. The van der Waals surface area contributed by atoms with Crippen LogP contribution in [0.4, 0.5) is 5.69 Å². The number of hydrogen-bond donors (Lipinski definition) is 1. The Morgan fingerprint density at radius 3 is 2.71 bits per heavy atom. The molecule has 108 valence electrons. The van der Waals surface area contributed by atoms with E-state index in [9.17, 15) is 9.59 Å². The smallest absolute Gasteiger partial charge is 0.257 e. The van der Waals surface area contributed by atoms with Gasteiger partial charge in [0.05, 0.1) is 22.9 Å². The first-order valence-electron chi connectivity index (χ1n) is 6.43. The van der Waals surface area contributed by atoms with Crippen molar-refractivity contribution in [1.29, 1.82) is 0 Å². The van der Waals surface area contributed by atoms with Crippen LogP contribution in [0.25, 0.3) is 0 Å². The highest BCUT2D eigenvalue weighted by Crippen LogP contribution is 2.27. The number of carbonyl (C=O) groups excluding carboxylic acids is 2. The molecule has 0 aliphatic heterocycles. The van der Waals surface area contributed by atoms with Crippen LogP contribution in [0, 0.1) is 0 Å². The third-order valence-electron chi connectivity index (χ3n) is 2.81. The molecule has 4 nitrogen and oxygen atoms in total. The van der Waals surface area contributed by atoms with Crippen molar-refractivity contribution >= 4 is 29.5 Å². The second-order valence-electron chi connectivity index (χ2n) is 4.24. The van der Waals surface area contributed by atoms with Crippen molar-refractivity contribution < 1.29 is 14.3 Å². The topological polar surface area (TPSA) is 55.4 Å². The minimum absolute atomic E-state index is 0.357. The van der Waals surface area contributed by atoms with Crippen LogP contribution in [0.1, 0.15) is 27.6 Å². The summed E-state index contributed by atoms with van der Waals surface area (Å²) in [4.78, 5) is 23.1. The number of rotatable bonds is 5. The summed E-state index contributed by atoms with van der Waals surface area (Å²) >= 11 is 6.00. The van der Waals surface area contributed by atoms with Gasteiger partial charge in [-0.05, 0) is 37.3 Å². The predicted octanol–water partition coefficient (Wildman–Crippen LogP) is 3.80. The van der Waals surface area contributed by atoms with E-state index < -0.39 is 0 Å². The number of aldehydes is 1. The number of benzene rings is 2. The lowest BCUT2D eigenvalue weighted by molar-refractivity contribution is 0.102. The molecule has 0 spiro atoms. The minimum Gasteiger partial charge on any atom is -0.492 e. The van der Waals surface area contributed by atoms with Gasteiger partial charge < -0.3 is 10.1 Å². The molecule has 0 fully saturated rings. The average Bonchev–Trinajstić information content (AvgIpc) is 2.49. The number of nitrogens with one attached hydrogen (secondary N) is 1. The van der Waals surface area contributed by atoms with Crippen LogP contribution < -0.4 is 10.1 Å². The first-order chi connectivity index (χ1) is 10.2. The molecule has 0 atom stereocenters. The maximum absolute atomic E-state index is 12.3. The van der Waals surface area contributed by atoms with Crippen LogP contribution in [0.2, 0.25) is 5.02 Å². The monoisotopic (exact) mass is 303 g/mol. The molecule has 1 N–H and O–H groups in total. The Morgan fingerprint density at radius 2 is 2.05 bits per heavy atom. The van der Waals surface area contributed by atoms with Gasteiger partial charge in [0.1, 0.15) is 12.0 Å². The van der Waals surface area contributed by atoms with E-state index in [1.54, 1.807) is 42.5 Å². The zero-order valence-electron chi connectivity index (χ0n) is 11.4. The van der Waals surface area contributed by atoms with Crippen molar-refractivity contribution in [3.05, 3.63) is 58.6 Å². The molecular formula is C16H14ClNO3. The van der Waals surface area contributed by atoms with Crippen LogP contribution >= 0.6 is 11.6 Å². The van der Waals surface area contributed by atoms with Crippen molar-refractivity contribution in [2.24, 2.45) is 0 Å². The van der Waals surface area contributed by atoms with Crippen molar-refractivity contribution in [2.75, 3.05) is 11.9 Å². The molecule has 2 aromatic carbocycles. The molecule has 5 heteroatoms. The number of anilines is 1. The second-order valence-corrected chi connectivity index (χ2v) is 4.65. The zero-order valence-corrected chi connectivity index (χ0v) is 12.2. The standard InChI is InChI=1S/C16H14ClNO3/c1-2-21-15-8-7-11(10-19)9-14(15)18-16(20)12-5-3-4-6-13(12)17/h3-10H,2H2,1H3,(H,18,20). The molecule has 2 rings (SSSR count). The highest BCUT2D eigenvalue weighted by Gasteiger charge is 2.13. The quantitative estimate of drug-likeness (QED) is 0.855. The fourth-order valence-corrected chi connectivity index (χ4v) is 2.06. The molecule has 0 bridgehead atoms. The fraction of sp³-hybridized carbons (Fsp3) is 0.125. The van der Waals surface area contributed by atoms with Gasteiger partial charge in [-0.25, -0.2) is 0 Å². The normalized spacial score (nSPS) is 10.0. The van der Waals surface area contributed by atoms with E-state index in [4.69, 9.17) is 16.3 Å². The molecule has 0 radical (unpaired) electrons. The summed E-state index contributed by atoms with van der Waals surface area (Å²) in [5.74, 6) is 0.146. The van der Waals surface area contributed by atoms with Crippen LogP contribution in [0.3, 0.4) is 0 Å². The lowest BCUT2D eigenvalue weighted by atomic mass is 10.1. The maximum atomic E-state index is 12.3. The van der Waals surface area contributed by atoms with Crippen molar-refractivity contribution in [1.82, 2.24) is 0 Å². The largest absolute Gasteiger partial charge is 0.492 e. The Kier molecular flexibility index (Phi) is 4.95. The highest BCUT2D eigenvalue weighted by atomic mass is 35.5. The van der Waals surface area contributed by atoms with Gasteiger partial charge >= 0.3 is 0 Å². The van der Waals surface area contributed by atoms with Crippen LogP contribution in [-0.4, -0.2) is 18.8 Å². The number of carbonyl (C=O) groups is 2. The lowest BCUT2D eigenvalue weighted by Gasteiger charge is -2.12. The van der Waals surface area contributed by atoms with Gasteiger partial charge in [0.2, 0.25) is 0 Å². The molecular weight excluding hydrogens is 290 g/mol. The fourth-order valence-electron chi connectivity index (χ4n) is 1.83. The van der Waals surface area contributed by atoms with Gasteiger partial charge in [-0.2, -0.15) is 0 Å². The highest BCUT2D eigenvalue weighted by molar-refractivity contribution is 6.34. The Labute approximate surface area is 127 Å². The molecule has 21 heavy (non-hydrogen) atoms. The SMILES string of the molecule is CCOc1ccc(C=O)cc1NC(=O)c1ccccc1Cl. The van der Waals surface area contributed by atoms with E-state index in [1.807, 2.05) is 6.92 Å². The number of ether oxygens (including phenoxy) is 1. The van der Waals surface area contributed by atoms with Crippen molar-refractivity contribution in [3.8, 4) is 5.75 Å². The van der Waals surface area contributed by atoms with Crippen molar-refractivity contribution in [2.45, 2.75) is 6.92 Å². The minimum atomic E-state index is -0.357. The van der Waals surface area contributed by atoms with E-state index in [0.717, 1.165) is 0 Å². The third-order valence-corrected chi connectivity index (χ3v) is 3.14. The molecule has 0 saturated heterocycles. The predicted molar refractivity (Wildman–Crippen MR) is 82.4 cm³/mol. The Balaban J connectivity index is 2.31. The van der Waals surface area contributed by atoms with Gasteiger partial charge in [0, 0.05) is 5.56 Å². The van der Waals surface area contributed by atoms with Crippen LogP contribution in [0.5, 0.6) is 5.75 Å². The first kappa shape index (κ1) is 15.1. The van der Waals surface area contributed by atoms with Crippen LogP contribution in [-0.2, 0) is 0 Å². The molecule has 0 heterocycles. The van der Waals surface area contributed by atoms with E-state index in [0.29, 0.717) is 40.5 Å². The first-order valence-corrected chi connectivity index (χ1v) is 6.81. The summed E-state index contributed by atoms with van der Waals surface area (Å²) < 4.78 is 5.44. The molecule has 0 unspecified atom stereocenters. The lowest BCUT2D eigenvalue weighted by Crippen LogP contribution is -2.13. The zero-order chi connectivity index (χ0) is 15.2. The van der Waals surface area contributed by atoms with E-state index in [2.05, 4.69) is 5.32 Å². The summed E-state index contributed by atoms with van der Waals surface area (Å²) in [6.45, 7) is 2.29. The molecule has 0 aromatic heterocycles. The third kappa shape index (κ3) is 3.61. The maximum Gasteiger partial charge on any atom is 0.257 e. The van der Waals surface area contributed by atoms with Gasteiger partial charge in [-0.15, -0.1) is 0 Å². The summed E-state index contributed by atoms with van der Waals surface area (Å²) in [6, 6.07) is 11.6. The van der Waals surface area contributed by atoms with Gasteiger partial charge in [-0.1, -0.05) is 23.7 Å². The number of amides is 1. The summed E-state index contributed by atoms with van der Waals surface area (Å²) in [5, 5.41) is 3.08. The Bertz CT molecular complexity index is 670. The molecule has 0 saturated carbocycles. The molecule has 1 amide bonds. The van der Waals surface area contributed by atoms with E-state index >= 15 is 0 Å². The van der Waals surface area contributed by atoms with Crippen molar-refractivity contribution in [3.63, 3.8) is 0 Å². The van der Waals surface area contributed by atoms with Gasteiger partial charge in [-0.3, -0.25) is 9.59 Å². The summed E-state index contributed by atoms with van der Waals surface area (Å²) in [5.41, 5.74) is 1.25. The number of halogens is 1. The van der Waals surface area contributed by atoms with Gasteiger partial charge in [0.25, 0.3) is 5.91 Å². The summed E-state index contributed by atoms with van der Waals surface area (Å²) in [6.07, 6.45) is 0.709. The summed E-state index contributed by atoms with van der Waals surface area (Å²) in [7, 11) is 0. The Hall–Kier alpha value is -2.33. The number of hydrogen-bond acceptors (Lipinski definition) is 3. The molecule has 2 aromatic rings. The molecule has 0 aliphatic rings. The van der Waals surface area contributed by atoms with E-state index in [1.165, 1.54) is 0 Å². The molecule has 0 aliphatic carbocycles.